The highest BCUT2D eigenvalue weighted by Crippen LogP contribution is 2.25. The summed E-state index contributed by atoms with van der Waals surface area (Å²) in [6, 6.07) is 5.00. The first-order valence-corrected chi connectivity index (χ1v) is 7.68. The van der Waals surface area contributed by atoms with Gasteiger partial charge in [0.1, 0.15) is 0 Å². The highest BCUT2D eigenvalue weighted by Gasteiger charge is 2.17. The smallest absolute Gasteiger partial charge is 0.338 e. The molecule has 1 aromatic carbocycles. The third-order valence-electron chi connectivity index (χ3n) is 2.34. The molecular formula is C13H15BrO3S. The van der Waals surface area contributed by atoms with Crippen LogP contribution in [0.2, 0.25) is 0 Å². The lowest BCUT2D eigenvalue weighted by atomic mass is 10.1. The van der Waals surface area contributed by atoms with Crippen LogP contribution in [0.3, 0.4) is 0 Å². The van der Waals surface area contributed by atoms with Crippen molar-refractivity contribution in [1.29, 1.82) is 0 Å². The fraction of sp³-hybridized carbons (Fsp3) is 0.385. The van der Waals surface area contributed by atoms with Gasteiger partial charge >= 0.3 is 5.97 Å². The number of Topliss-reactive ketones (excluding diaryl/α,β-unsaturated/α-hetero) is 1. The second-order valence-electron chi connectivity index (χ2n) is 3.62. The molecule has 0 fully saturated rings. The lowest BCUT2D eigenvalue weighted by Crippen LogP contribution is -2.12. The molecule has 0 aliphatic rings. The van der Waals surface area contributed by atoms with Gasteiger partial charge in [0.2, 0.25) is 0 Å². The van der Waals surface area contributed by atoms with Crippen molar-refractivity contribution in [2.75, 3.05) is 12.9 Å². The minimum Gasteiger partial charge on any atom is -0.462 e. The number of ketones is 1. The zero-order valence-corrected chi connectivity index (χ0v) is 12.9. The Morgan fingerprint density at radius 3 is 2.61 bits per heavy atom. The summed E-state index contributed by atoms with van der Waals surface area (Å²) in [5.74, 6) is -0.353. The molecule has 0 amide bonds. The van der Waals surface area contributed by atoms with E-state index < -0.39 is 0 Å². The molecule has 0 N–H and O–H groups in total. The molecule has 98 valence electrons. The number of halogens is 1. The number of hydrogen-bond donors (Lipinski definition) is 0. The number of carbonyl (C=O) groups excluding carboxylic acids is 2. The molecule has 5 heteroatoms. The Labute approximate surface area is 119 Å². The highest BCUT2D eigenvalue weighted by molar-refractivity contribution is 9.10. The number of hydrogen-bond acceptors (Lipinski definition) is 4. The largest absolute Gasteiger partial charge is 0.462 e. The zero-order chi connectivity index (χ0) is 13.7. The molecule has 0 bridgehead atoms. The molecule has 18 heavy (non-hydrogen) atoms. The van der Waals surface area contributed by atoms with Crippen molar-refractivity contribution in [1.82, 2.24) is 0 Å². The molecule has 0 aliphatic carbocycles. The van der Waals surface area contributed by atoms with E-state index in [1.54, 1.807) is 32.0 Å². The van der Waals surface area contributed by atoms with Gasteiger partial charge in [-0.25, -0.2) is 4.79 Å². The summed E-state index contributed by atoms with van der Waals surface area (Å²) in [5.41, 5.74) is 1.10. The maximum Gasteiger partial charge on any atom is 0.338 e. The molecule has 3 nitrogen and oxygen atoms in total. The average molecular weight is 331 g/mol. The standard InChI is InChI=1S/C13H15BrO3S/c1-4-17-13(16)9-5-6-10(11(7-9)18-3)12(15)8(2)14/h5-8H,4H2,1-3H3. The molecule has 0 aromatic heterocycles. The molecule has 1 atom stereocenters. The zero-order valence-electron chi connectivity index (χ0n) is 10.5. The van der Waals surface area contributed by atoms with Gasteiger partial charge in [0, 0.05) is 10.5 Å². The monoisotopic (exact) mass is 330 g/mol. The van der Waals surface area contributed by atoms with Gasteiger partial charge < -0.3 is 4.74 Å². The predicted molar refractivity (Wildman–Crippen MR) is 76.9 cm³/mol. The Bertz CT molecular complexity index is 458. The van der Waals surface area contributed by atoms with Crippen molar-refractivity contribution < 1.29 is 14.3 Å². The Morgan fingerprint density at radius 2 is 2.11 bits per heavy atom. The molecule has 0 aliphatic heterocycles. The molecule has 0 saturated heterocycles. The van der Waals surface area contributed by atoms with Crippen LogP contribution >= 0.6 is 27.7 Å². The molecule has 0 spiro atoms. The summed E-state index contributed by atoms with van der Waals surface area (Å²) in [4.78, 5) is 24.1. The van der Waals surface area contributed by atoms with E-state index in [1.165, 1.54) is 11.8 Å². The van der Waals surface area contributed by atoms with Crippen LogP contribution in [0.25, 0.3) is 0 Å². The van der Waals surface area contributed by atoms with Crippen LogP contribution in [-0.2, 0) is 4.74 Å². The Balaban J connectivity index is 3.11. The number of carbonyl (C=O) groups is 2. The quantitative estimate of drug-likeness (QED) is 0.358. The maximum atomic E-state index is 12.0. The van der Waals surface area contributed by atoms with E-state index in [-0.39, 0.29) is 16.6 Å². The van der Waals surface area contributed by atoms with Crippen molar-refractivity contribution in [3.63, 3.8) is 0 Å². The summed E-state index contributed by atoms with van der Waals surface area (Å²) in [5, 5.41) is 0. The summed E-state index contributed by atoms with van der Waals surface area (Å²) >= 11 is 4.70. The Kier molecular flexibility index (Phi) is 5.88. The Morgan fingerprint density at radius 1 is 1.44 bits per heavy atom. The van der Waals surface area contributed by atoms with E-state index in [0.717, 1.165) is 4.90 Å². The van der Waals surface area contributed by atoms with Gasteiger partial charge in [-0.15, -0.1) is 11.8 Å². The summed E-state index contributed by atoms with van der Waals surface area (Å²) in [6.45, 7) is 3.88. The van der Waals surface area contributed by atoms with Gasteiger partial charge in [-0.1, -0.05) is 15.9 Å². The number of thioether (sulfide) groups is 1. The molecular weight excluding hydrogens is 316 g/mol. The molecule has 0 heterocycles. The van der Waals surface area contributed by atoms with Crippen molar-refractivity contribution in [3.8, 4) is 0 Å². The fourth-order valence-corrected chi connectivity index (χ4v) is 2.33. The summed E-state index contributed by atoms with van der Waals surface area (Å²) in [7, 11) is 0. The number of alkyl halides is 1. The van der Waals surface area contributed by atoms with Gasteiger partial charge in [-0.05, 0) is 38.3 Å². The van der Waals surface area contributed by atoms with Gasteiger partial charge in [-0.3, -0.25) is 4.79 Å². The maximum absolute atomic E-state index is 12.0. The number of ether oxygens (including phenoxy) is 1. The minimum atomic E-state index is -0.362. The first-order chi connectivity index (χ1) is 8.51. The third-order valence-corrected chi connectivity index (χ3v) is 3.53. The van der Waals surface area contributed by atoms with Crippen LogP contribution in [-0.4, -0.2) is 29.4 Å². The van der Waals surface area contributed by atoms with Crippen LogP contribution in [0.15, 0.2) is 23.1 Å². The van der Waals surface area contributed by atoms with E-state index in [9.17, 15) is 9.59 Å². The van der Waals surface area contributed by atoms with Gasteiger partial charge in [0.15, 0.2) is 5.78 Å². The number of benzene rings is 1. The van der Waals surface area contributed by atoms with Crippen LogP contribution < -0.4 is 0 Å². The van der Waals surface area contributed by atoms with Crippen molar-refractivity contribution in [2.24, 2.45) is 0 Å². The van der Waals surface area contributed by atoms with Crippen LogP contribution in [0.4, 0.5) is 0 Å². The topological polar surface area (TPSA) is 43.4 Å². The first kappa shape index (κ1) is 15.2. The fourth-order valence-electron chi connectivity index (χ4n) is 1.45. The number of rotatable bonds is 5. The SMILES string of the molecule is CCOC(=O)c1ccc(C(=O)C(C)Br)c(SC)c1. The first-order valence-electron chi connectivity index (χ1n) is 5.54. The normalized spacial score (nSPS) is 12.0. The second kappa shape index (κ2) is 6.95. The van der Waals surface area contributed by atoms with Crippen molar-refractivity contribution >= 4 is 39.4 Å². The molecule has 1 unspecified atom stereocenters. The van der Waals surface area contributed by atoms with E-state index >= 15 is 0 Å². The van der Waals surface area contributed by atoms with Crippen molar-refractivity contribution in [3.05, 3.63) is 29.3 Å². The van der Waals surface area contributed by atoms with Crippen LogP contribution in [0.1, 0.15) is 34.6 Å². The van der Waals surface area contributed by atoms with E-state index in [0.29, 0.717) is 17.7 Å². The number of esters is 1. The predicted octanol–water partition coefficient (Wildman–Crippen LogP) is 3.55. The van der Waals surface area contributed by atoms with Gasteiger partial charge in [-0.2, -0.15) is 0 Å². The van der Waals surface area contributed by atoms with E-state index in [1.807, 2.05) is 6.26 Å². The lowest BCUT2D eigenvalue weighted by Gasteiger charge is -2.10. The Hall–Kier alpha value is -0.810. The van der Waals surface area contributed by atoms with Crippen LogP contribution in [0, 0.1) is 0 Å². The molecule has 0 saturated carbocycles. The molecule has 1 aromatic rings. The summed E-state index contributed by atoms with van der Waals surface area (Å²) in [6.07, 6.45) is 1.87. The average Bonchev–Trinajstić information content (AvgIpc) is 2.37. The van der Waals surface area contributed by atoms with Crippen LogP contribution in [0.5, 0.6) is 0 Å². The minimum absolute atomic E-state index is 0.00904. The third kappa shape index (κ3) is 3.59. The van der Waals surface area contributed by atoms with E-state index in [2.05, 4.69) is 15.9 Å². The van der Waals surface area contributed by atoms with Crippen molar-refractivity contribution in [2.45, 2.75) is 23.6 Å². The summed E-state index contributed by atoms with van der Waals surface area (Å²) < 4.78 is 4.93. The second-order valence-corrected chi connectivity index (χ2v) is 5.84. The van der Waals surface area contributed by atoms with Gasteiger partial charge in [0.25, 0.3) is 0 Å². The lowest BCUT2D eigenvalue weighted by molar-refractivity contribution is 0.0525. The van der Waals surface area contributed by atoms with Gasteiger partial charge in [0.05, 0.1) is 17.0 Å². The highest BCUT2D eigenvalue weighted by atomic mass is 79.9. The van der Waals surface area contributed by atoms with E-state index in [4.69, 9.17) is 4.74 Å². The molecule has 0 radical (unpaired) electrons. The molecule has 1 rings (SSSR count).